The molecule has 0 N–H and O–H groups in total. The van der Waals surface area contributed by atoms with Crippen LogP contribution < -0.4 is 0 Å². The van der Waals surface area contributed by atoms with E-state index in [1.807, 2.05) is 19.1 Å². The zero-order valence-corrected chi connectivity index (χ0v) is 8.39. The van der Waals surface area contributed by atoms with Crippen LogP contribution in [0.2, 0.25) is 0 Å². The number of rotatable bonds is 4. The summed E-state index contributed by atoms with van der Waals surface area (Å²) in [6, 6.07) is 7.03. The number of aryl methyl sites for hydroxylation is 1. The molecular formula is C11H14F2O. The number of ether oxygens (including phenoxy) is 1. The molecule has 0 spiro atoms. The fraction of sp³-hybridized carbons (Fsp3) is 0.455. The Hall–Kier alpha value is -0.960. The van der Waals surface area contributed by atoms with Crippen LogP contribution in [0.15, 0.2) is 24.3 Å². The van der Waals surface area contributed by atoms with E-state index in [4.69, 9.17) is 0 Å². The Morgan fingerprint density at radius 3 is 2.29 bits per heavy atom. The molecule has 0 saturated carbocycles. The molecule has 3 heteroatoms. The van der Waals surface area contributed by atoms with E-state index in [1.54, 1.807) is 19.1 Å². The molecule has 0 bridgehead atoms. The van der Waals surface area contributed by atoms with E-state index in [2.05, 4.69) is 4.74 Å². The first-order chi connectivity index (χ1) is 6.53. The Morgan fingerprint density at radius 2 is 1.79 bits per heavy atom. The van der Waals surface area contributed by atoms with Gasteiger partial charge in [0.05, 0.1) is 13.0 Å². The number of benzene rings is 1. The molecule has 1 aromatic rings. The highest BCUT2D eigenvalue weighted by molar-refractivity contribution is 5.21. The molecule has 1 nitrogen and oxygen atoms in total. The van der Waals surface area contributed by atoms with Gasteiger partial charge in [0.25, 0.3) is 0 Å². The highest BCUT2D eigenvalue weighted by Crippen LogP contribution is 2.21. The van der Waals surface area contributed by atoms with Crippen molar-refractivity contribution in [2.24, 2.45) is 0 Å². The quantitative estimate of drug-likeness (QED) is 0.725. The van der Waals surface area contributed by atoms with Gasteiger partial charge in [0, 0.05) is 0 Å². The van der Waals surface area contributed by atoms with E-state index in [0.717, 1.165) is 5.56 Å². The van der Waals surface area contributed by atoms with Crippen molar-refractivity contribution in [1.82, 2.24) is 0 Å². The maximum Gasteiger partial charge on any atom is 0.359 e. The van der Waals surface area contributed by atoms with Gasteiger partial charge in [-0.1, -0.05) is 29.8 Å². The third-order valence-corrected chi connectivity index (χ3v) is 1.89. The lowest BCUT2D eigenvalue weighted by atomic mass is 10.1. The molecule has 0 aliphatic carbocycles. The van der Waals surface area contributed by atoms with Gasteiger partial charge in [-0.3, -0.25) is 0 Å². The molecule has 14 heavy (non-hydrogen) atoms. The first kappa shape index (κ1) is 11.1. The number of hydrogen-bond donors (Lipinski definition) is 0. The van der Waals surface area contributed by atoms with Gasteiger partial charge in [-0.15, -0.1) is 0 Å². The van der Waals surface area contributed by atoms with Gasteiger partial charge in [0.2, 0.25) is 0 Å². The summed E-state index contributed by atoms with van der Waals surface area (Å²) in [6.07, 6.45) is -3.41. The third-order valence-electron chi connectivity index (χ3n) is 1.89. The normalized spacial score (nSPS) is 11.7. The van der Waals surface area contributed by atoms with Gasteiger partial charge in [-0.05, 0) is 19.4 Å². The maximum atomic E-state index is 13.0. The van der Waals surface area contributed by atoms with Crippen molar-refractivity contribution in [1.29, 1.82) is 0 Å². The predicted molar refractivity (Wildman–Crippen MR) is 51.5 cm³/mol. The molecular weight excluding hydrogens is 186 g/mol. The fourth-order valence-corrected chi connectivity index (χ4v) is 1.21. The Morgan fingerprint density at radius 1 is 1.21 bits per heavy atom. The summed E-state index contributed by atoms with van der Waals surface area (Å²) < 4.78 is 30.3. The van der Waals surface area contributed by atoms with Crippen molar-refractivity contribution in [3.63, 3.8) is 0 Å². The summed E-state index contributed by atoms with van der Waals surface area (Å²) in [5.74, 6) is 0. The van der Waals surface area contributed by atoms with Crippen LogP contribution in [-0.4, -0.2) is 12.7 Å². The first-order valence-electron chi connectivity index (χ1n) is 4.61. The molecule has 0 heterocycles. The van der Waals surface area contributed by atoms with Crippen LogP contribution in [0, 0.1) is 6.92 Å². The van der Waals surface area contributed by atoms with Crippen LogP contribution in [0.25, 0.3) is 0 Å². The van der Waals surface area contributed by atoms with Crippen molar-refractivity contribution in [3.8, 4) is 0 Å². The second-order valence-corrected chi connectivity index (χ2v) is 3.23. The topological polar surface area (TPSA) is 9.23 Å². The van der Waals surface area contributed by atoms with Gasteiger partial charge < -0.3 is 4.74 Å². The minimum Gasteiger partial charge on any atom is -0.321 e. The predicted octanol–water partition coefficient (Wildman–Crippen LogP) is 3.17. The summed E-state index contributed by atoms with van der Waals surface area (Å²) in [5, 5.41) is 0. The monoisotopic (exact) mass is 200 g/mol. The van der Waals surface area contributed by atoms with E-state index in [-0.39, 0.29) is 13.0 Å². The average molecular weight is 200 g/mol. The SMILES string of the molecule is CCOC(F)(F)Cc1ccc(C)cc1. The zero-order valence-electron chi connectivity index (χ0n) is 8.39. The van der Waals surface area contributed by atoms with Crippen molar-refractivity contribution >= 4 is 0 Å². The summed E-state index contributed by atoms with van der Waals surface area (Å²) >= 11 is 0. The molecule has 0 amide bonds. The van der Waals surface area contributed by atoms with Crippen molar-refractivity contribution < 1.29 is 13.5 Å². The molecule has 0 unspecified atom stereocenters. The minimum absolute atomic E-state index is 0.0266. The van der Waals surface area contributed by atoms with Gasteiger partial charge in [0.1, 0.15) is 0 Å². The highest BCUT2D eigenvalue weighted by Gasteiger charge is 2.29. The number of hydrogen-bond acceptors (Lipinski definition) is 1. The van der Waals surface area contributed by atoms with Gasteiger partial charge >= 0.3 is 6.11 Å². The van der Waals surface area contributed by atoms with E-state index >= 15 is 0 Å². The summed E-state index contributed by atoms with van der Waals surface area (Å²) in [4.78, 5) is 0. The van der Waals surface area contributed by atoms with Crippen LogP contribution >= 0.6 is 0 Å². The van der Waals surface area contributed by atoms with E-state index < -0.39 is 6.11 Å². The van der Waals surface area contributed by atoms with E-state index in [1.165, 1.54) is 0 Å². The largest absolute Gasteiger partial charge is 0.359 e. The molecule has 0 aromatic heterocycles. The van der Waals surface area contributed by atoms with Gasteiger partial charge in [0.15, 0.2) is 0 Å². The lowest BCUT2D eigenvalue weighted by Gasteiger charge is -2.15. The van der Waals surface area contributed by atoms with Crippen LogP contribution in [-0.2, 0) is 11.2 Å². The Labute approximate surface area is 82.7 Å². The number of halogens is 2. The second-order valence-electron chi connectivity index (χ2n) is 3.23. The average Bonchev–Trinajstić information content (AvgIpc) is 2.08. The third kappa shape index (κ3) is 3.42. The molecule has 1 rings (SSSR count). The van der Waals surface area contributed by atoms with Crippen molar-refractivity contribution in [3.05, 3.63) is 35.4 Å². The van der Waals surface area contributed by atoms with Gasteiger partial charge in [-0.25, -0.2) is 0 Å². The Bertz CT molecular complexity index is 280. The van der Waals surface area contributed by atoms with Crippen LogP contribution in [0.4, 0.5) is 8.78 Å². The summed E-state index contributed by atoms with van der Waals surface area (Å²) in [7, 11) is 0. The van der Waals surface area contributed by atoms with Crippen molar-refractivity contribution in [2.45, 2.75) is 26.4 Å². The first-order valence-corrected chi connectivity index (χ1v) is 4.61. The molecule has 78 valence electrons. The van der Waals surface area contributed by atoms with Crippen LogP contribution in [0.1, 0.15) is 18.1 Å². The molecule has 1 aromatic carbocycles. The van der Waals surface area contributed by atoms with Gasteiger partial charge in [-0.2, -0.15) is 8.78 Å². The molecule has 0 aliphatic heterocycles. The lowest BCUT2D eigenvalue weighted by molar-refractivity contribution is -0.234. The number of alkyl halides is 2. The Kier molecular flexibility index (Phi) is 3.58. The van der Waals surface area contributed by atoms with Crippen LogP contribution in [0.5, 0.6) is 0 Å². The smallest absolute Gasteiger partial charge is 0.321 e. The zero-order chi connectivity index (χ0) is 10.6. The maximum absolute atomic E-state index is 13.0. The summed E-state index contributed by atoms with van der Waals surface area (Å²) in [5.41, 5.74) is 1.66. The molecule has 0 radical (unpaired) electrons. The van der Waals surface area contributed by atoms with E-state index in [0.29, 0.717) is 5.56 Å². The van der Waals surface area contributed by atoms with Crippen molar-refractivity contribution in [2.75, 3.05) is 6.61 Å². The molecule has 0 atom stereocenters. The molecule has 0 fully saturated rings. The minimum atomic E-state index is -3.05. The highest BCUT2D eigenvalue weighted by atomic mass is 19.3. The van der Waals surface area contributed by atoms with E-state index in [9.17, 15) is 8.78 Å². The Balaban J connectivity index is 2.64. The standard InChI is InChI=1S/C11H14F2O/c1-3-14-11(12,13)8-10-6-4-9(2)5-7-10/h4-7H,3,8H2,1-2H3. The van der Waals surface area contributed by atoms with Crippen LogP contribution in [0.3, 0.4) is 0 Å². The molecule has 0 aliphatic rings. The molecule has 0 saturated heterocycles. The summed E-state index contributed by atoms with van der Waals surface area (Å²) in [6.45, 7) is 3.51. The second kappa shape index (κ2) is 4.51. The fourth-order valence-electron chi connectivity index (χ4n) is 1.21. The lowest BCUT2D eigenvalue weighted by Crippen LogP contribution is -2.23.